The zero-order chi connectivity index (χ0) is 19.3. The van der Waals surface area contributed by atoms with Gasteiger partial charge in [0.15, 0.2) is 0 Å². The number of ether oxygens (including phenoxy) is 1. The van der Waals surface area contributed by atoms with E-state index in [1.54, 1.807) is 39.0 Å². The minimum atomic E-state index is -3.88. The van der Waals surface area contributed by atoms with Crippen molar-refractivity contribution in [2.24, 2.45) is 0 Å². The fourth-order valence-electron chi connectivity index (χ4n) is 2.83. The minimum Gasteiger partial charge on any atom is -0.495 e. The highest BCUT2D eigenvalue weighted by molar-refractivity contribution is 7.92. The van der Waals surface area contributed by atoms with Gasteiger partial charge >= 0.3 is 0 Å². The number of amides is 1. The number of hydrogen-bond donors (Lipinski definition) is 2. The molecule has 0 unspecified atom stereocenters. The van der Waals surface area contributed by atoms with E-state index in [0.717, 1.165) is 5.56 Å². The summed E-state index contributed by atoms with van der Waals surface area (Å²) < 4.78 is 33.5. The molecule has 0 saturated heterocycles. The molecule has 0 aromatic heterocycles. The second-order valence-corrected chi connectivity index (χ2v) is 8.78. The Morgan fingerprint density at radius 2 is 1.88 bits per heavy atom. The van der Waals surface area contributed by atoms with Crippen molar-refractivity contribution < 1.29 is 17.9 Å². The number of anilines is 2. The number of fused-ring (bicyclic) bond motifs is 1. The van der Waals surface area contributed by atoms with Gasteiger partial charge in [0.25, 0.3) is 10.0 Å². The topological polar surface area (TPSA) is 84.5 Å². The summed E-state index contributed by atoms with van der Waals surface area (Å²) in [5, 5.41) is 3.24. The first-order chi connectivity index (χ1) is 12.1. The van der Waals surface area contributed by atoms with Crippen molar-refractivity contribution in [3.05, 3.63) is 46.5 Å². The smallest absolute Gasteiger partial charge is 0.262 e. The molecule has 0 fully saturated rings. The molecule has 1 aliphatic rings. The lowest BCUT2D eigenvalue weighted by molar-refractivity contribution is -0.119. The van der Waals surface area contributed by atoms with E-state index in [-0.39, 0.29) is 10.8 Å². The summed E-state index contributed by atoms with van der Waals surface area (Å²) in [5.74, 6) is 0.160. The largest absolute Gasteiger partial charge is 0.495 e. The first-order valence-electron chi connectivity index (χ1n) is 7.89. The van der Waals surface area contributed by atoms with Crippen molar-refractivity contribution in [1.82, 2.24) is 0 Å². The highest BCUT2D eigenvalue weighted by Gasteiger charge is 2.39. The summed E-state index contributed by atoms with van der Waals surface area (Å²) in [6.45, 7) is 5.28. The molecule has 0 aliphatic carbocycles. The van der Waals surface area contributed by atoms with Gasteiger partial charge in [-0.05, 0) is 56.2 Å². The van der Waals surface area contributed by atoms with E-state index in [2.05, 4.69) is 10.0 Å². The van der Waals surface area contributed by atoms with Crippen LogP contribution < -0.4 is 14.8 Å². The Hall–Kier alpha value is -2.25. The average molecular weight is 395 g/mol. The first-order valence-corrected chi connectivity index (χ1v) is 9.75. The van der Waals surface area contributed by atoms with E-state index in [4.69, 9.17) is 16.3 Å². The van der Waals surface area contributed by atoms with E-state index < -0.39 is 15.4 Å². The van der Waals surface area contributed by atoms with Crippen molar-refractivity contribution in [3.8, 4) is 5.75 Å². The highest BCUT2D eigenvalue weighted by atomic mass is 35.5. The average Bonchev–Trinajstić information content (AvgIpc) is 2.79. The molecule has 1 amide bonds. The molecule has 0 radical (unpaired) electrons. The quantitative estimate of drug-likeness (QED) is 0.828. The van der Waals surface area contributed by atoms with Crippen LogP contribution in [0.25, 0.3) is 0 Å². The Morgan fingerprint density at radius 3 is 2.54 bits per heavy atom. The summed E-state index contributed by atoms with van der Waals surface area (Å²) in [5.41, 5.74) is 1.48. The van der Waals surface area contributed by atoms with E-state index in [1.165, 1.54) is 19.2 Å². The Labute approximate surface area is 157 Å². The lowest BCUT2D eigenvalue weighted by Gasteiger charge is -2.17. The number of rotatable bonds is 4. The molecule has 1 heterocycles. The third kappa shape index (κ3) is 3.01. The van der Waals surface area contributed by atoms with Gasteiger partial charge in [-0.15, -0.1) is 0 Å². The van der Waals surface area contributed by atoms with Crippen LogP contribution in [0.3, 0.4) is 0 Å². The van der Waals surface area contributed by atoms with E-state index in [9.17, 15) is 13.2 Å². The molecule has 138 valence electrons. The maximum absolute atomic E-state index is 12.9. The van der Waals surface area contributed by atoms with Crippen molar-refractivity contribution in [3.63, 3.8) is 0 Å². The van der Waals surface area contributed by atoms with Crippen LogP contribution in [-0.2, 0) is 20.2 Å². The molecule has 0 saturated carbocycles. The molecule has 0 spiro atoms. The molecule has 3 rings (SSSR count). The number of aryl methyl sites for hydroxylation is 1. The van der Waals surface area contributed by atoms with Crippen LogP contribution in [0.5, 0.6) is 5.75 Å². The van der Waals surface area contributed by atoms with Gasteiger partial charge in [-0.1, -0.05) is 11.6 Å². The molecule has 0 bridgehead atoms. The SMILES string of the molecule is COc1cc(Cl)c(C)cc1NS(=O)(=O)c1ccc2c(c1)C(C)(C)C(=O)N2. The number of methoxy groups -OCH3 is 1. The van der Waals surface area contributed by atoms with Crippen LogP contribution in [-0.4, -0.2) is 21.4 Å². The Kier molecular flexibility index (Phi) is 4.40. The third-order valence-electron chi connectivity index (χ3n) is 4.52. The molecule has 2 N–H and O–H groups in total. The second-order valence-electron chi connectivity index (χ2n) is 6.69. The Morgan fingerprint density at radius 1 is 1.19 bits per heavy atom. The van der Waals surface area contributed by atoms with Crippen LogP contribution in [0, 0.1) is 6.92 Å². The molecular formula is C18H19ClN2O4S. The minimum absolute atomic E-state index is 0.0653. The van der Waals surface area contributed by atoms with Crippen LogP contribution in [0.4, 0.5) is 11.4 Å². The molecule has 0 atom stereocenters. The summed E-state index contributed by atoms with van der Waals surface area (Å²) in [7, 11) is -2.44. The second kappa shape index (κ2) is 6.17. The fourth-order valence-corrected chi connectivity index (χ4v) is 4.07. The molecular weight excluding hydrogens is 376 g/mol. The molecule has 2 aromatic rings. The highest BCUT2D eigenvalue weighted by Crippen LogP contribution is 2.39. The van der Waals surface area contributed by atoms with Crippen molar-refractivity contribution >= 4 is 38.9 Å². The number of nitrogens with one attached hydrogen (secondary N) is 2. The van der Waals surface area contributed by atoms with E-state index in [1.807, 2.05) is 0 Å². The zero-order valence-corrected chi connectivity index (χ0v) is 16.4. The molecule has 8 heteroatoms. The maximum atomic E-state index is 12.9. The number of hydrogen-bond acceptors (Lipinski definition) is 4. The number of sulfonamides is 1. The lowest BCUT2D eigenvalue weighted by atomic mass is 9.86. The number of carbonyl (C=O) groups excluding carboxylic acids is 1. The van der Waals surface area contributed by atoms with Gasteiger partial charge in [-0.3, -0.25) is 9.52 Å². The Bertz CT molecular complexity index is 1020. The number of halogens is 1. The van der Waals surface area contributed by atoms with E-state index >= 15 is 0 Å². The van der Waals surface area contributed by atoms with Crippen LogP contribution in [0.2, 0.25) is 5.02 Å². The van der Waals surface area contributed by atoms with Crippen molar-refractivity contribution in [2.75, 3.05) is 17.1 Å². The predicted molar refractivity (Wildman–Crippen MR) is 102 cm³/mol. The standard InChI is InChI=1S/C18H19ClN2O4S/c1-10-7-15(16(25-4)9-13(10)19)21-26(23,24)11-5-6-14-12(8-11)18(2,3)17(22)20-14/h5-9,21H,1-4H3,(H,20,22). The van der Waals surface area contributed by atoms with Crippen molar-refractivity contribution in [2.45, 2.75) is 31.1 Å². The number of carbonyl (C=O) groups is 1. The van der Waals surface area contributed by atoms with Gasteiger partial charge in [0.1, 0.15) is 5.75 Å². The van der Waals surface area contributed by atoms with Gasteiger partial charge in [0.05, 0.1) is 23.1 Å². The zero-order valence-electron chi connectivity index (χ0n) is 14.8. The normalized spacial score (nSPS) is 15.3. The Balaban J connectivity index is 2.02. The van der Waals surface area contributed by atoms with Crippen molar-refractivity contribution in [1.29, 1.82) is 0 Å². The first kappa shape index (κ1) is 18.5. The van der Waals surface area contributed by atoms with Gasteiger partial charge in [0, 0.05) is 16.8 Å². The van der Waals surface area contributed by atoms with Gasteiger partial charge in [-0.2, -0.15) is 0 Å². The summed E-state index contributed by atoms with van der Waals surface area (Å²) >= 11 is 6.07. The summed E-state index contributed by atoms with van der Waals surface area (Å²) in [4.78, 5) is 12.1. The van der Waals surface area contributed by atoms with Gasteiger partial charge < -0.3 is 10.1 Å². The summed E-state index contributed by atoms with van der Waals surface area (Å²) in [6.07, 6.45) is 0. The van der Waals surface area contributed by atoms with E-state index in [0.29, 0.717) is 27.7 Å². The molecule has 1 aliphatic heterocycles. The van der Waals surface area contributed by atoms with Crippen LogP contribution in [0.1, 0.15) is 25.0 Å². The number of benzene rings is 2. The van der Waals surface area contributed by atoms with Crippen LogP contribution >= 0.6 is 11.6 Å². The molecule has 26 heavy (non-hydrogen) atoms. The third-order valence-corrected chi connectivity index (χ3v) is 6.29. The summed E-state index contributed by atoms with van der Waals surface area (Å²) in [6, 6.07) is 7.74. The molecule has 6 nitrogen and oxygen atoms in total. The molecule has 2 aromatic carbocycles. The van der Waals surface area contributed by atoms with Crippen LogP contribution in [0.15, 0.2) is 35.2 Å². The van der Waals surface area contributed by atoms with Gasteiger partial charge in [0.2, 0.25) is 5.91 Å². The monoisotopic (exact) mass is 394 g/mol. The maximum Gasteiger partial charge on any atom is 0.262 e. The fraction of sp³-hybridized carbons (Fsp3) is 0.278. The van der Waals surface area contributed by atoms with Gasteiger partial charge in [-0.25, -0.2) is 8.42 Å². The lowest BCUT2D eigenvalue weighted by Crippen LogP contribution is -2.27. The predicted octanol–water partition coefficient (Wildman–Crippen LogP) is 3.69.